The van der Waals surface area contributed by atoms with Crippen LogP contribution < -0.4 is 10.6 Å². The van der Waals surface area contributed by atoms with Crippen molar-refractivity contribution in [1.29, 1.82) is 0 Å². The zero-order valence-electron chi connectivity index (χ0n) is 14.8. The Labute approximate surface area is 158 Å². The number of nitrogens with one attached hydrogen (secondary N) is 2. The van der Waals surface area contributed by atoms with E-state index in [4.69, 9.17) is 0 Å². The molecule has 2 heterocycles. The summed E-state index contributed by atoms with van der Waals surface area (Å²) in [6, 6.07) is 9.74. The lowest BCUT2D eigenvalue weighted by molar-refractivity contribution is -0.140. The summed E-state index contributed by atoms with van der Waals surface area (Å²) in [5, 5.41) is 6.58. The maximum Gasteiger partial charge on any atom is 0.433 e. The molecule has 0 aliphatic heterocycles. The van der Waals surface area contributed by atoms with E-state index in [1.807, 2.05) is 25.1 Å². The van der Waals surface area contributed by atoms with Crippen LogP contribution in [0.3, 0.4) is 0 Å². The minimum absolute atomic E-state index is 0.202. The molecule has 0 unspecified atom stereocenters. The number of carbonyl (C=O) groups is 1. The largest absolute Gasteiger partial charge is 0.433 e. The Hall–Kier alpha value is -2.45. The van der Waals surface area contributed by atoms with Crippen LogP contribution >= 0.6 is 11.3 Å². The summed E-state index contributed by atoms with van der Waals surface area (Å²) in [6.45, 7) is 5.25. The van der Waals surface area contributed by atoms with Crippen LogP contribution in [0.1, 0.15) is 33.4 Å². The van der Waals surface area contributed by atoms with E-state index in [9.17, 15) is 18.0 Å². The highest BCUT2D eigenvalue weighted by molar-refractivity contribution is 7.20. The van der Waals surface area contributed by atoms with Gasteiger partial charge < -0.3 is 10.6 Å². The van der Waals surface area contributed by atoms with Crippen LogP contribution in [0.15, 0.2) is 36.4 Å². The van der Waals surface area contributed by atoms with E-state index in [1.54, 1.807) is 13.0 Å². The number of alkyl halides is 3. The van der Waals surface area contributed by atoms with Gasteiger partial charge in [-0.2, -0.15) is 13.2 Å². The van der Waals surface area contributed by atoms with E-state index in [1.165, 1.54) is 6.07 Å². The number of benzene rings is 1. The molecule has 0 atom stereocenters. The fourth-order valence-corrected chi connectivity index (χ4v) is 3.77. The molecule has 0 saturated heterocycles. The lowest BCUT2D eigenvalue weighted by atomic mass is 10.1. The average Bonchev–Trinajstić information content (AvgIpc) is 2.96. The normalized spacial score (nSPS) is 11.7. The van der Waals surface area contributed by atoms with E-state index in [0.29, 0.717) is 28.1 Å². The lowest BCUT2D eigenvalue weighted by Gasteiger charge is -2.07. The number of pyridine rings is 1. The second kappa shape index (κ2) is 7.66. The number of nitrogens with zero attached hydrogens (tertiary/aromatic N) is 1. The number of anilines is 1. The van der Waals surface area contributed by atoms with E-state index >= 15 is 0 Å². The van der Waals surface area contributed by atoms with Gasteiger partial charge in [-0.05, 0) is 48.9 Å². The number of halogens is 3. The number of carbonyl (C=O) groups excluding carboxylic acids is 1. The van der Waals surface area contributed by atoms with Crippen molar-refractivity contribution in [2.24, 2.45) is 0 Å². The molecule has 0 fully saturated rings. The van der Waals surface area contributed by atoms with Gasteiger partial charge in [-0.25, -0.2) is 4.98 Å². The highest BCUT2D eigenvalue weighted by Gasteiger charge is 2.33. The Morgan fingerprint density at radius 3 is 2.70 bits per heavy atom. The molecular formula is C19H18F3N3OS. The predicted octanol–water partition coefficient (Wildman–Crippen LogP) is 4.99. The van der Waals surface area contributed by atoms with Crippen molar-refractivity contribution < 1.29 is 18.0 Å². The summed E-state index contributed by atoms with van der Waals surface area (Å²) in [5.74, 6) is -0.357. The number of fused-ring (bicyclic) bond motifs is 1. The summed E-state index contributed by atoms with van der Waals surface area (Å²) in [4.78, 5) is 16.9. The third kappa shape index (κ3) is 4.28. The summed E-state index contributed by atoms with van der Waals surface area (Å²) in [5.41, 5.74) is 1.33. The van der Waals surface area contributed by atoms with Gasteiger partial charge >= 0.3 is 6.18 Å². The Morgan fingerprint density at radius 1 is 1.22 bits per heavy atom. The number of hydrogen-bond acceptors (Lipinski definition) is 4. The Bertz CT molecular complexity index is 982. The molecule has 4 nitrogen and oxygen atoms in total. The zero-order chi connectivity index (χ0) is 19.6. The standard InChI is InChI=1S/C19H18F3N3OS/c1-3-23-10-12-5-4-6-13(9-12)24-17(26)16-11(2)14-7-8-15(19(20,21)22)25-18(14)27-16/h4-9,23H,3,10H2,1-2H3,(H,24,26). The molecule has 8 heteroatoms. The first-order valence-electron chi connectivity index (χ1n) is 8.38. The van der Waals surface area contributed by atoms with E-state index in [2.05, 4.69) is 15.6 Å². The van der Waals surface area contributed by atoms with Crippen molar-refractivity contribution in [2.45, 2.75) is 26.6 Å². The van der Waals surface area contributed by atoms with Gasteiger partial charge in [-0.3, -0.25) is 4.79 Å². The van der Waals surface area contributed by atoms with Crippen molar-refractivity contribution in [3.05, 3.63) is 58.1 Å². The van der Waals surface area contributed by atoms with Gasteiger partial charge in [0.25, 0.3) is 5.91 Å². The number of aromatic nitrogens is 1. The summed E-state index contributed by atoms with van der Waals surface area (Å²) >= 11 is 0.964. The van der Waals surface area contributed by atoms with Gasteiger partial charge in [0.05, 0.1) is 4.88 Å². The highest BCUT2D eigenvalue weighted by Crippen LogP contribution is 2.34. The van der Waals surface area contributed by atoms with E-state index in [0.717, 1.165) is 29.5 Å². The SMILES string of the molecule is CCNCc1cccc(NC(=O)c2sc3nc(C(F)(F)F)ccc3c2C)c1. The van der Waals surface area contributed by atoms with Crippen LogP contribution in [0, 0.1) is 6.92 Å². The zero-order valence-corrected chi connectivity index (χ0v) is 15.6. The van der Waals surface area contributed by atoms with Crippen LogP contribution in [0.25, 0.3) is 10.2 Å². The summed E-state index contributed by atoms with van der Waals surface area (Å²) in [7, 11) is 0. The van der Waals surface area contributed by atoms with E-state index in [-0.39, 0.29) is 10.7 Å². The molecule has 1 aromatic carbocycles. The monoisotopic (exact) mass is 393 g/mol. The number of hydrogen-bond donors (Lipinski definition) is 2. The van der Waals surface area contributed by atoms with Gasteiger partial charge in [-0.15, -0.1) is 11.3 Å². The maximum absolute atomic E-state index is 12.9. The van der Waals surface area contributed by atoms with Crippen LogP contribution in [0.4, 0.5) is 18.9 Å². The molecule has 2 N–H and O–H groups in total. The average molecular weight is 393 g/mol. The van der Waals surface area contributed by atoms with Crippen molar-refractivity contribution in [2.75, 3.05) is 11.9 Å². The second-order valence-electron chi connectivity index (χ2n) is 6.04. The van der Waals surface area contributed by atoms with Gasteiger partial charge in [0, 0.05) is 17.6 Å². The molecule has 142 valence electrons. The number of aryl methyl sites for hydroxylation is 1. The molecule has 3 rings (SSSR count). The minimum Gasteiger partial charge on any atom is -0.321 e. The third-order valence-electron chi connectivity index (χ3n) is 4.06. The Balaban J connectivity index is 1.86. The molecule has 0 bridgehead atoms. The lowest BCUT2D eigenvalue weighted by Crippen LogP contribution is -2.13. The molecule has 3 aromatic rings. The number of rotatable bonds is 5. The number of amides is 1. The molecular weight excluding hydrogens is 375 g/mol. The predicted molar refractivity (Wildman–Crippen MR) is 101 cm³/mol. The van der Waals surface area contributed by atoms with Crippen molar-refractivity contribution in [3.63, 3.8) is 0 Å². The molecule has 2 aromatic heterocycles. The highest BCUT2D eigenvalue weighted by atomic mass is 32.1. The fraction of sp³-hybridized carbons (Fsp3) is 0.263. The summed E-state index contributed by atoms with van der Waals surface area (Å²) in [6.07, 6.45) is -4.51. The van der Waals surface area contributed by atoms with Crippen LogP contribution in [0.2, 0.25) is 0 Å². The molecule has 1 amide bonds. The number of thiophene rings is 1. The molecule has 0 saturated carbocycles. The fourth-order valence-electron chi connectivity index (χ4n) is 2.69. The molecule has 0 radical (unpaired) electrons. The van der Waals surface area contributed by atoms with Gasteiger partial charge in [0.15, 0.2) is 0 Å². The van der Waals surface area contributed by atoms with Crippen LogP contribution in [0.5, 0.6) is 0 Å². The molecule has 0 aliphatic rings. The first-order chi connectivity index (χ1) is 12.8. The van der Waals surface area contributed by atoms with Gasteiger partial charge in [0.1, 0.15) is 10.5 Å². The maximum atomic E-state index is 12.9. The van der Waals surface area contributed by atoms with Crippen LogP contribution in [-0.4, -0.2) is 17.4 Å². The van der Waals surface area contributed by atoms with Gasteiger partial charge in [-0.1, -0.05) is 19.1 Å². The quantitative estimate of drug-likeness (QED) is 0.642. The Morgan fingerprint density at radius 2 is 2.00 bits per heavy atom. The van der Waals surface area contributed by atoms with Gasteiger partial charge in [0.2, 0.25) is 0 Å². The minimum atomic E-state index is -4.51. The topological polar surface area (TPSA) is 54.0 Å². The van der Waals surface area contributed by atoms with Crippen LogP contribution in [-0.2, 0) is 12.7 Å². The van der Waals surface area contributed by atoms with Crippen molar-refractivity contribution >= 4 is 33.1 Å². The summed E-state index contributed by atoms with van der Waals surface area (Å²) < 4.78 is 38.6. The smallest absolute Gasteiger partial charge is 0.321 e. The molecule has 0 aliphatic carbocycles. The third-order valence-corrected chi connectivity index (χ3v) is 5.26. The molecule has 27 heavy (non-hydrogen) atoms. The second-order valence-corrected chi connectivity index (χ2v) is 7.04. The van der Waals surface area contributed by atoms with E-state index < -0.39 is 11.9 Å². The van der Waals surface area contributed by atoms with Crippen molar-refractivity contribution in [1.82, 2.24) is 10.3 Å². The first-order valence-corrected chi connectivity index (χ1v) is 9.19. The first kappa shape index (κ1) is 19.3. The molecule has 0 spiro atoms. The Kier molecular flexibility index (Phi) is 5.48. The van der Waals surface area contributed by atoms with Crippen molar-refractivity contribution in [3.8, 4) is 0 Å².